The molecule has 166 valence electrons. The zero-order chi connectivity index (χ0) is 22.5. The van der Waals surface area contributed by atoms with Crippen LogP contribution in [0, 0.1) is 5.82 Å². The monoisotopic (exact) mass is 429 g/mol. The first-order valence-electron chi connectivity index (χ1n) is 10.2. The zero-order valence-corrected chi connectivity index (χ0v) is 17.8. The fourth-order valence-corrected chi connectivity index (χ4v) is 2.74. The van der Waals surface area contributed by atoms with E-state index in [-0.39, 0.29) is 18.5 Å². The van der Waals surface area contributed by atoms with Gasteiger partial charge in [0.25, 0.3) is 5.91 Å². The Morgan fingerprint density at radius 3 is 2.68 bits per heavy atom. The maximum atomic E-state index is 13.6. The van der Waals surface area contributed by atoms with Crippen molar-refractivity contribution < 1.29 is 23.5 Å². The topological polar surface area (TPSA) is 89.0 Å². The Morgan fingerprint density at radius 2 is 1.94 bits per heavy atom. The number of carbonyl (C=O) groups is 2. The Hall–Kier alpha value is -3.42. The summed E-state index contributed by atoms with van der Waals surface area (Å²) in [5, 5.41) is 6.47. The van der Waals surface area contributed by atoms with E-state index in [4.69, 9.17) is 9.47 Å². The number of methoxy groups -OCH3 is 1. The second-order valence-corrected chi connectivity index (χ2v) is 6.71. The largest absolute Gasteiger partial charge is 0.493 e. The van der Waals surface area contributed by atoms with Crippen LogP contribution < -0.4 is 20.2 Å². The van der Waals surface area contributed by atoms with Crippen LogP contribution in [0.25, 0.3) is 0 Å². The summed E-state index contributed by atoms with van der Waals surface area (Å²) in [6, 6.07) is 11.1. The summed E-state index contributed by atoms with van der Waals surface area (Å²) in [6.07, 6.45) is 4.57. The van der Waals surface area contributed by atoms with Crippen LogP contribution in [-0.4, -0.2) is 38.3 Å². The Kier molecular flexibility index (Phi) is 10.0. The number of hydrazone groups is 1. The second-order valence-electron chi connectivity index (χ2n) is 6.71. The van der Waals surface area contributed by atoms with E-state index >= 15 is 0 Å². The number of halogens is 1. The van der Waals surface area contributed by atoms with Crippen LogP contribution in [0.3, 0.4) is 0 Å². The fraction of sp³-hybridized carbons (Fsp3) is 0.348. The summed E-state index contributed by atoms with van der Waals surface area (Å²) in [5.74, 6) is -0.423. The van der Waals surface area contributed by atoms with Gasteiger partial charge in [-0.1, -0.05) is 38.0 Å². The first-order valence-corrected chi connectivity index (χ1v) is 10.2. The average molecular weight is 429 g/mol. The molecule has 0 radical (unpaired) electrons. The van der Waals surface area contributed by atoms with Gasteiger partial charge in [0.05, 0.1) is 25.5 Å². The molecular formula is C23H28FN3O4. The van der Waals surface area contributed by atoms with E-state index in [1.54, 1.807) is 25.3 Å². The van der Waals surface area contributed by atoms with Crippen molar-refractivity contribution in [1.29, 1.82) is 0 Å². The van der Waals surface area contributed by atoms with Gasteiger partial charge >= 0.3 is 0 Å². The number of benzene rings is 2. The number of ether oxygens (including phenoxy) is 2. The molecular weight excluding hydrogens is 401 g/mol. The van der Waals surface area contributed by atoms with Crippen LogP contribution in [0.5, 0.6) is 11.5 Å². The van der Waals surface area contributed by atoms with Crippen LogP contribution in [0.2, 0.25) is 0 Å². The van der Waals surface area contributed by atoms with E-state index in [0.717, 1.165) is 19.3 Å². The van der Waals surface area contributed by atoms with Crippen molar-refractivity contribution in [2.75, 3.05) is 20.3 Å². The third kappa shape index (κ3) is 7.73. The van der Waals surface area contributed by atoms with Gasteiger partial charge in [-0.2, -0.15) is 5.10 Å². The van der Waals surface area contributed by atoms with Crippen molar-refractivity contribution in [3.63, 3.8) is 0 Å². The van der Waals surface area contributed by atoms with Crippen molar-refractivity contribution in [1.82, 2.24) is 10.7 Å². The number of amides is 2. The Labute approximate surface area is 181 Å². The van der Waals surface area contributed by atoms with E-state index in [0.29, 0.717) is 23.7 Å². The number of carbonyl (C=O) groups excluding carboxylic acids is 2. The van der Waals surface area contributed by atoms with Crippen LogP contribution in [0.15, 0.2) is 47.6 Å². The molecule has 2 rings (SSSR count). The van der Waals surface area contributed by atoms with Crippen molar-refractivity contribution in [3.8, 4) is 11.5 Å². The maximum absolute atomic E-state index is 13.6. The van der Waals surface area contributed by atoms with Gasteiger partial charge in [-0.05, 0) is 30.7 Å². The van der Waals surface area contributed by atoms with Crippen molar-refractivity contribution in [2.45, 2.75) is 32.6 Å². The molecule has 0 spiro atoms. The standard InChI is InChI=1S/C23H28FN3O4/c1-3-4-7-15-31-22-17(9-8-12-20(22)30-2)16-26-27-21(28)13-14-25-23(29)18-10-5-6-11-19(18)24/h5-6,8-12,16H,3-4,7,13-15H2,1-2H3,(H,25,29)(H,27,28). The van der Waals surface area contributed by atoms with Crippen LogP contribution in [0.4, 0.5) is 4.39 Å². The number of nitrogens with one attached hydrogen (secondary N) is 2. The Bertz CT molecular complexity index is 902. The number of para-hydroxylation sites is 1. The van der Waals surface area contributed by atoms with E-state index in [9.17, 15) is 14.0 Å². The SMILES string of the molecule is CCCCCOc1c(C=NNC(=O)CCNC(=O)c2ccccc2F)cccc1OC. The van der Waals surface area contributed by atoms with E-state index in [1.165, 1.54) is 24.4 Å². The lowest BCUT2D eigenvalue weighted by molar-refractivity contribution is -0.120. The molecule has 0 aliphatic rings. The molecule has 2 aromatic carbocycles. The first-order chi connectivity index (χ1) is 15.1. The minimum atomic E-state index is -0.611. The van der Waals surface area contributed by atoms with E-state index in [1.807, 2.05) is 6.07 Å². The lowest BCUT2D eigenvalue weighted by atomic mass is 10.2. The fourth-order valence-electron chi connectivity index (χ4n) is 2.74. The molecule has 0 atom stereocenters. The molecule has 0 aliphatic carbocycles. The first kappa shape index (κ1) is 23.9. The molecule has 0 fully saturated rings. The number of hydrogen-bond donors (Lipinski definition) is 2. The summed E-state index contributed by atoms with van der Waals surface area (Å²) in [6.45, 7) is 2.73. The number of hydrogen-bond acceptors (Lipinski definition) is 5. The van der Waals surface area contributed by atoms with Crippen LogP contribution in [0.1, 0.15) is 48.5 Å². The van der Waals surface area contributed by atoms with Crippen molar-refractivity contribution >= 4 is 18.0 Å². The molecule has 0 saturated heterocycles. The third-order valence-corrected chi connectivity index (χ3v) is 4.37. The molecule has 0 aromatic heterocycles. The smallest absolute Gasteiger partial charge is 0.254 e. The number of nitrogens with zero attached hydrogens (tertiary/aromatic N) is 1. The molecule has 0 aliphatic heterocycles. The minimum absolute atomic E-state index is 0.00395. The lowest BCUT2D eigenvalue weighted by Gasteiger charge is -2.13. The summed E-state index contributed by atoms with van der Waals surface area (Å²) in [5.41, 5.74) is 3.01. The molecule has 0 unspecified atom stereocenters. The number of unbranched alkanes of at least 4 members (excludes halogenated alkanes) is 2. The molecule has 8 heteroatoms. The summed E-state index contributed by atoms with van der Waals surface area (Å²) in [4.78, 5) is 23.9. The Balaban J connectivity index is 1.85. The molecule has 0 heterocycles. The highest BCUT2D eigenvalue weighted by molar-refractivity contribution is 5.94. The molecule has 7 nitrogen and oxygen atoms in total. The molecule has 0 saturated carbocycles. The van der Waals surface area contributed by atoms with Gasteiger partial charge in [0, 0.05) is 18.5 Å². The van der Waals surface area contributed by atoms with Crippen molar-refractivity contribution in [3.05, 3.63) is 59.4 Å². The van der Waals surface area contributed by atoms with Gasteiger partial charge in [-0.3, -0.25) is 9.59 Å². The van der Waals surface area contributed by atoms with E-state index < -0.39 is 17.6 Å². The minimum Gasteiger partial charge on any atom is -0.493 e. The maximum Gasteiger partial charge on any atom is 0.254 e. The summed E-state index contributed by atoms with van der Waals surface area (Å²) < 4.78 is 24.8. The predicted octanol–water partition coefficient (Wildman–Crippen LogP) is 3.67. The predicted molar refractivity (Wildman–Crippen MR) is 117 cm³/mol. The van der Waals surface area contributed by atoms with Gasteiger partial charge in [-0.15, -0.1) is 0 Å². The van der Waals surface area contributed by atoms with Gasteiger partial charge in [0.15, 0.2) is 11.5 Å². The normalized spacial score (nSPS) is 10.7. The van der Waals surface area contributed by atoms with E-state index in [2.05, 4.69) is 22.8 Å². The van der Waals surface area contributed by atoms with Gasteiger partial charge < -0.3 is 14.8 Å². The average Bonchev–Trinajstić information content (AvgIpc) is 2.77. The zero-order valence-electron chi connectivity index (χ0n) is 17.8. The van der Waals surface area contributed by atoms with Gasteiger partial charge in [0.2, 0.25) is 5.91 Å². The third-order valence-electron chi connectivity index (χ3n) is 4.37. The molecule has 2 N–H and O–H groups in total. The Morgan fingerprint density at radius 1 is 1.13 bits per heavy atom. The molecule has 2 aromatic rings. The molecule has 0 bridgehead atoms. The highest BCUT2D eigenvalue weighted by atomic mass is 19.1. The molecule has 2 amide bonds. The van der Waals surface area contributed by atoms with Crippen LogP contribution >= 0.6 is 0 Å². The highest BCUT2D eigenvalue weighted by Crippen LogP contribution is 2.30. The lowest BCUT2D eigenvalue weighted by Crippen LogP contribution is -2.29. The number of rotatable bonds is 12. The summed E-state index contributed by atoms with van der Waals surface area (Å²) >= 11 is 0. The molecule has 31 heavy (non-hydrogen) atoms. The van der Waals surface area contributed by atoms with Crippen LogP contribution in [-0.2, 0) is 4.79 Å². The van der Waals surface area contributed by atoms with Crippen molar-refractivity contribution in [2.24, 2.45) is 5.10 Å². The summed E-state index contributed by atoms with van der Waals surface area (Å²) in [7, 11) is 1.56. The van der Waals surface area contributed by atoms with Gasteiger partial charge in [0.1, 0.15) is 5.82 Å². The quantitative estimate of drug-likeness (QED) is 0.306. The van der Waals surface area contributed by atoms with Gasteiger partial charge in [-0.25, -0.2) is 9.82 Å². The second kappa shape index (κ2) is 13.0. The highest BCUT2D eigenvalue weighted by Gasteiger charge is 2.11.